The number of benzene rings is 3. The zero-order valence-corrected chi connectivity index (χ0v) is 19.8. The average molecular weight is 514 g/mol. The molecule has 0 fully saturated rings. The molecule has 0 radical (unpaired) electrons. The van der Waals surface area contributed by atoms with Crippen LogP contribution in [0.2, 0.25) is 0 Å². The van der Waals surface area contributed by atoms with Crippen molar-refractivity contribution < 1.29 is 27.6 Å². The maximum absolute atomic E-state index is 13.0. The standard InChI is InChI=1S/C26H19ClF3N3O3/c1-14-10-15(2)12-20(11-14)33-24(35)21(27)22(25(33)36)31-18-8-6-16(7-9-18)23(34)32-19-5-3-4-17(13-19)26(28,29)30/h3-13,31H,1-2H3,(H,32,34). The molecule has 10 heteroatoms. The summed E-state index contributed by atoms with van der Waals surface area (Å²) in [5, 5.41) is 4.97. The Labute approximate surface area is 209 Å². The Hall–Kier alpha value is -4.11. The normalized spacial score (nSPS) is 13.9. The van der Waals surface area contributed by atoms with E-state index in [1.54, 1.807) is 12.1 Å². The first-order valence-corrected chi connectivity index (χ1v) is 11.0. The SMILES string of the molecule is Cc1cc(C)cc(N2C(=O)C(Cl)=C(Nc3ccc(C(=O)Nc4cccc(C(F)(F)F)c4)cc3)C2=O)c1. The van der Waals surface area contributed by atoms with Crippen molar-refractivity contribution in [3.8, 4) is 0 Å². The number of carbonyl (C=O) groups is 3. The van der Waals surface area contributed by atoms with Crippen LogP contribution in [0.1, 0.15) is 27.0 Å². The molecule has 1 heterocycles. The smallest absolute Gasteiger partial charge is 0.350 e. The first kappa shape index (κ1) is 25.0. The summed E-state index contributed by atoms with van der Waals surface area (Å²) in [6.45, 7) is 3.70. The molecule has 0 atom stereocenters. The number of halogens is 4. The summed E-state index contributed by atoms with van der Waals surface area (Å²) in [4.78, 5) is 39.2. The van der Waals surface area contributed by atoms with Crippen molar-refractivity contribution in [2.45, 2.75) is 20.0 Å². The summed E-state index contributed by atoms with van der Waals surface area (Å²) < 4.78 is 38.7. The van der Waals surface area contributed by atoms with Crippen LogP contribution in [0.25, 0.3) is 0 Å². The number of aryl methyl sites for hydroxylation is 2. The third-order valence-electron chi connectivity index (χ3n) is 5.36. The first-order chi connectivity index (χ1) is 16.9. The number of carbonyl (C=O) groups excluding carboxylic acids is 3. The molecule has 0 bridgehead atoms. The van der Waals surface area contributed by atoms with Gasteiger partial charge in [0.1, 0.15) is 10.7 Å². The highest BCUT2D eigenvalue weighted by Gasteiger charge is 2.39. The van der Waals surface area contributed by atoms with Crippen LogP contribution in [0.4, 0.5) is 30.2 Å². The van der Waals surface area contributed by atoms with Crippen molar-refractivity contribution in [2.75, 3.05) is 15.5 Å². The van der Waals surface area contributed by atoms with Crippen LogP contribution in [0.15, 0.2) is 77.5 Å². The van der Waals surface area contributed by atoms with Crippen molar-refractivity contribution in [2.24, 2.45) is 0 Å². The molecular formula is C26H19ClF3N3O3. The fourth-order valence-corrected chi connectivity index (χ4v) is 3.96. The van der Waals surface area contributed by atoms with Gasteiger partial charge in [0, 0.05) is 16.9 Å². The lowest BCUT2D eigenvalue weighted by atomic mass is 10.1. The molecule has 4 rings (SSSR count). The number of hydrogen-bond donors (Lipinski definition) is 2. The van der Waals surface area contributed by atoms with Gasteiger partial charge in [-0.2, -0.15) is 13.2 Å². The molecule has 2 N–H and O–H groups in total. The topological polar surface area (TPSA) is 78.5 Å². The number of nitrogens with zero attached hydrogens (tertiary/aromatic N) is 1. The van der Waals surface area contributed by atoms with E-state index < -0.39 is 29.5 Å². The van der Waals surface area contributed by atoms with Gasteiger partial charge in [-0.1, -0.05) is 23.7 Å². The van der Waals surface area contributed by atoms with Gasteiger partial charge in [-0.15, -0.1) is 0 Å². The predicted octanol–water partition coefficient (Wildman–Crippen LogP) is 6.01. The highest BCUT2D eigenvalue weighted by Crippen LogP contribution is 2.32. The summed E-state index contributed by atoms with van der Waals surface area (Å²) in [5.41, 5.74) is 1.71. The van der Waals surface area contributed by atoms with Crippen molar-refractivity contribution in [3.63, 3.8) is 0 Å². The molecule has 1 aliphatic rings. The molecule has 0 saturated heterocycles. The minimum atomic E-state index is -4.53. The third kappa shape index (κ3) is 5.11. The van der Waals surface area contributed by atoms with Gasteiger partial charge in [-0.05, 0) is 79.6 Å². The number of imide groups is 1. The first-order valence-electron chi connectivity index (χ1n) is 10.7. The Balaban J connectivity index is 1.48. The van der Waals surface area contributed by atoms with E-state index in [0.717, 1.165) is 28.2 Å². The molecule has 0 aromatic heterocycles. The van der Waals surface area contributed by atoms with Gasteiger partial charge in [-0.3, -0.25) is 14.4 Å². The van der Waals surface area contributed by atoms with Crippen molar-refractivity contribution in [1.29, 1.82) is 0 Å². The van der Waals surface area contributed by atoms with Crippen LogP contribution < -0.4 is 15.5 Å². The van der Waals surface area contributed by atoms with E-state index in [-0.39, 0.29) is 22.0 Å². The van der Waals surface area contributed by atoms with E-state index in [1.165, 1.54) is 36.4 Å². The van der Waals surface area contributed by atoms with Gasteiger partial charge in [-0.25, -0.2) is 4.90 Å². The van der Waals surface area contributed by atoms with Gasteiger partial charge < -0.3 is 10.6 Å². The van der Waals surface area contributed by atoms with Gasteiger partial charge in [0.05, 0.1) is 11.3 Å². The molecular weight excluding hydrogens is 495 g/mol. The summed E-state index contributed by atoms with van der Waals surface area (Å²) in [6, 6.07) is 15.4. The largest absolute Gasteiger partial charge is 0.416 e. The summed E-state index contributed by atoms with van der Waals surface area (Å²) >= 11 is 6.18. The van der Waals surface area contributed by atoms with E-state index in [0.29, 0.717) is 11.4 Å². The summed E-state index contributed by atoms with van der Waals surface area (Å²) in [5.74, 6) is -1.90. The van der Waals surface area contributed by atoms with Crippen LogP contribution >= 0.6 is 11.6 Å². The molecule has 1 aliphatic heterocycles. The number of amides is 3. The molecule has 0 unspecified atom stereocenters. The van der Waals surface area contributed by atoms with Crippen molar-refractivity contribution >= 4 is 46.4 Å². The third-order valence-corrected chi connectivity index (χ3v) is 5.71. The summed E-state index contributed by atoms with van der Waals surface area (Å²) in [7, 11) is 0. The molecule has 3 aromatic rings. The second-order valence-corrected chi connectivity index (χ2v) is 8.59. The average Bonchev–Trinajstić information content (AvgIpc) is 3.01. The maximum atomic E-state index is 13.0. The van der Waals surface area contributed by atoms with Crippen molar-refractivity contribution in [1.82, 2.24) is 0 Å². The Morgan fingerprint density at radius 3 is 2.11 bits per heavy atom. The molecule has 0 aliphatic carbocycles. The molecule has 3 amide bonds. The van der Waals surface area contributed by atoms with E-state index in [2.05, 4.69) is 10.6 Å². The highest BCUT2D eigenvalue weighted by molar-refractivity contribution is 6.53. The van der Waals surface area contributed by atoms with Gasteiger partial charge in [0.15, 0.2) is 0 Å². The predicted molar refractivity (Wildman–Crippen MR) is 131 cm³/mol. The van der Waals surface area contributed by atoms with Gasteiger partial charge >= 0.3 is 6.18 Å². The highest BCUT2D eigenvalue weighted by atomic mass is 35.5. The molecule has 184 valence electrons. The van der Waals surface area contributed by atoms with Gasteiger partial charge in [0.25, 0.3) is 17.7 Å². The fourth-order valence-electron chi connectivity index (χ4n) is 3.75. The van der Waals surface area contributed by atoms with E-state index in [9.17, 15) is 27.6 Å². The number of anilines is 3. The summed E-state index contributed by atoms with van der Waals surface area (Å²) in [6.07, 6.45) is -4.53. The van der Waals surface area contributed by atoms with E-state index in [4.69, 9.17) is 11.6 Å². The zero-order valence-electron chi connectivity index (χ0n) is 19.0. The molecule has 0 spiro atoms. The van der Waals surface area contributed by atoms with Crippen LogP contribution in [-0.2, 0) is 15.8 Å². The number of hydrogen-bond acceptors (Lipinski definition) is 4. The minimum Gasteiger partial charge on any atom is -0.350 e. The Kier molecular flexibility index (Phi) is 6.60. The monoisotopic (exact) mass is 513 g/mol. The molecule has 3 aromatic carbocycles. The lowest BCUT2D eigenvalue weighted by Gasteiger charge is -2.16. The van der Waals surface area contributed by atoms with E-state index >= 15 is 0 Å². The Bertz CT molecular complexity index is 1400. The number of rotatable bonds is 5. The quantitative estimate of drug-likeness (QED) is 0.410. The van der Waals surface area contributed by atoms with Crippen molar-refractivity contribution in [3.05, 3.63) is 99.7 Å². The van der Waals surface area contributed by atoms with Crippen LogP contribution in [0.5, 0.6) is 0 Å². The lowest BCUT2D eigenvalue weighted by molar-refractivity contribution is -0.137. The van der Waals surface area contributed by atoms with Crippen LogP contribution in [0, 0.1) is 13.8 Å². The number of alkyl halides is 3. The second kappa shape index (κ2) is 9.50. The lowest BCUT2D eigenvalue weighted by Crippen LogP contribution is -2.32. The minimum absolute atomic E-state index is 0.00416. The fraction of sp³-hybridized carbons (Fsp3) is 0.115. The van der Waals surface area contributed by atoms with E-state index in [1.807, 2.05) is 19.9 Å². The Morgan fingerprint density at radius 2 is 1.50 bits per heavy atom. The zero-order chi connectivity index (χ0) is 26.2. The number of nitrogens with one attached hydrogen (secondary N) is 2. The van der Waals surface area contributed by atoms with Gasteiger partial charge in [0.2, 0.25) is 0 Å². The Morgan fingerprint density at radius 1 is 0.861 bits per heavy atom. The molecule has 6 nitrogen and oxygen atoms in total. The van der Waals surface area contributed by atoms with Crippen LogP contribution in [0.3, 0.4) is 0 Å². The molecule has 0 saturated carbocycles. The second-order valence-electron chi connectivity index (χ2n) is 8.22. The molecule has 36 heavy (non-hydrogen) atoms. The van der Waals surface area contributed by atoms with Crippen LogP contribution in [-0.4, -0.2) is 17.7 Å². The maximum Gasteiger partial charge on any atom is 0.416 e.